The van der Waals surface area contributed by atoms with Gasteiger partial charge in [-0.15, -0.1) is 0 Å². The van der Waals surface area contributed by atoms with Crippen LogP contribution in [0.2, 0.25) is 5.02 Å². The molecule has 0 unspecified atom stereocenters. The largest absolute Gasteiger partial charge is 0.496 e. The molecule has 3 aromatic rings. The summed E-state index contributed by atoms with van der Waals surface area (Å²) in [5.41, 5.74) is 6.31. The Kier molecular flexibility index (Phi) is 4.95. The Bertz CT molecular complexity index is 968. The van der Waals surface area contributed by atoms with Crippen molar-refractivity contribution in [2.24, 2.45) is 5.73 Å². The van der Waals surface area contributed by atoms with Crippen LogP contribution in [0.5, 0.6) is 11.5 Å². The third-order valence-electron chi connectivity index (χ3n) is 3.70. The van der Waals surface area contributed by atoms with E-state index >= 15 is 0 Å². The van der Waals surface area contributed by atoms with E-state index in [2.05, 4.69) is 0 Å². The second-order valence-corrected chi connectivity index (χ2v) is 5.78. The van der Waals surface area contributed by atoms with Crippen LogP contribution in [0.4, 0.5) is 0 Å². The maximum atomic E-state index is 12.5. The Labute approximate surface area is 154 Å². The highest BCUT2D eigenvalue weighted by Crippen LogP contribution is 2.31. The summed E-state index contributed by atoms with van der Waals surface area (Å²) in [7, 11) is 1.45. The van der Waals surface area contributed by atoms with E-state index in [4.69, 9.17) is 26.8 Å². The third-order valence-corrected chi connectivity index (χ3v) is 4.00. The lowest BCUT2D eigenvalue weighted by Crippen LogP contribution is -2.13. The number of ether oxygens (including phenoxy) is 2. The van der Waals surface area contributed by atoms with E-state index < -0.39 is 11.9 Å². The molecule has 0 spiro atoms. The van der Waals surface area contributed by atoms with E-state index in [1.54, 1.807) is 22.8 Å². The molecule has 0 aliphatic rings. The van der Waals surface area contributed by atoms with Gasteiger partial charge in [-0.2, -0.15) is 0 Å². The maximum absolute atomic E-state index is 12.5. The molecule has 3 rings (SSSR count). The monoisotopic (exact) mass is 370 g/mol. The fourth-order valence-electron chi connectivity index (χ4n) is 2.44. The van der Waals surface area contributed by atoms with Crippen LogP contribution in [0.3, 0.4) is 0 Å². The van der Waals surface area contributed by atoms with Crippen LogP contribution < -0.4 is 15.2 Å². The average molecular weight is 371 g/mol. The molecule has 26 heavy (non-hydrogen) atoms. The van der Waals surface area contributed by atoms with Crippen LogP contribution >= 0.6 is 11.6 Å². The molecule has 1 amide bonds. The van der Waals surface area contributed by atoms with Gasteiger partial charge in [-0.1, -0.05) is 17.7 Å². The van der Waals surface area contributed by atoms with E-state index in [0.717, 1.165) is 0 Å². The minimum atomic E-state index is -0.663. The zero-order valence-electron chi connectivity index (χ0n) is 13.8. The molecule has 0 fully saturated rings. The van der Waals surface area contributed by atoms with E-state index in [-0.39, 0.29) is 16.9 Å². The molecule has 0 saturated heterocycles. The van der Waals surface area contributed by atoms with Crippen molar-refractivity contribution >= 4 is 23.5 Å². The maximum Gasteiger partial charge on any atom is 0.347 e. The predicted molar refractivity (Wildman–Crippen MR) is 97.2 cm³/mol. The van der Waals surface area contributed by atoms with Gasteiger partial charge in [0, 0.05) is 24.0 Å². The van der Waals surface area contributed by atoms with Crippen molar-refractivity contribution in [2.75, 3.05) is 7.11 Å². The Balaban J connectivity index is 1.93. The highest BCUT2D eigenvalue weighted by atomic mass is 35.5. The Morgan fingerprint density at radius 1 is 1.08 bits per heavy atom. The van der Waals surface area contributed by atoms with Crippen LogP contribution in [0.25, 0.3) is 5.69 Å². The number of esters is 1. The first kappa shape index (κ1) is 17.6. The van der Waals surface area contributed by atoms with Crippen LogP contribution in [0.1, 0.15) is 20.7 Å². The van der Waals surface area contributed by atoms with Crippen LogP contribution in [0, 0.1) is 0 Å². The number of rotatable bonds is 5. The minimum absolute atomic E-state index is 0.165. The summed E-state index contributed by atoms with van der Waals surface area (Å²) in [6.45, 7) is 0. The second kappa shape index (κ2) is 7.33. The first-order valence-corrected chi connectivity index (χ1v) is 8.00. The number of halogens is 1. The molecule has 0 aliphatic heterocycles. The van der Waals surface area contributed by atoms with Crippen molar-refractivity contribution in [1.82, 2.24) is 4.57 Å². The fourth-order valence-corrected chi connectivity index (χ4v) is 2.70. The Morgan fingerprint density at radius 3 is 2.46 bits per heavy atom. The summed E-state index contributed by atoms with van der Waals surface area (Å²) in [4.78, 5) is 23.8. The normalized spacial score (nSPS) is 10.4. The van der Waals surface area contributed by atoms with Crippen molar-refractivity contribution < 1.29 is 19.1 Å². The predicted octanol–water partition coefficient (Wildman–Crippen LogP) is 3.46. The number of hydrogen-bond acceptors (Lipinski definition) is 4. The zero-order valence-corrected chi connectivity index (χ0v) is 14.6. The van der Waals surface area contributed by atoms with Crippen molar-refractivity contribution in [3.8, 4) is 17.2 Å². The number of carbonyl (C=O) groups excluding carboxylic acids is 2. The van der Waals surface area contributed by atoms with E-state index in [1.165, 1.54) is 25.3 Å². The molecule has 2 N–H and O–H groups in total. The number of aromatic nitrogens is 1. The Morgan fingerprint density at radius 2 is 1.81 bits per heavy atom. The standard InChI is InChI=1S/C19H15ClN2O4/c1-25-17-11-16(22-7-2-3-8-22)15(20)10-14(17)19(24)26-13-6-4-5-12(9-13)18(21)23/h2-11H,1H3,(H2,21,23). The SMILES string of the molecule is COc1cc(-n2cccc2)c(Cl)cc1C(=O)Oc1cccc(C(N)=O)c1. The van der Waals surface area contributed by atoms with Crippen molar-refractivity contribution in [2.45, 2.75) is 0 Å². The summed E-state index contributed by atoms with van der Waals surface area (Å²) in [5, 5.41) is 0.361. The highest BCUT2D eigenvalue weighted by Gasteiger charge is 2.19. The van der Waals surface area contributed by atoms with Gasteiger partial charge in [0.15, 0.2) is 0 Å². The molecular formula is C19H15ClN2O4. The topological polar surface area (TPSA) is 83.6 Å². The van der Waals surface area contributed by atoms with Gasteiger partial charge >= 0.3 is 5.97 Å². The van der Waals surface area contributed by atoms with Gasteiger partial charge in [-0.3, -0.25) is 4.79 Å². The van der Waals surface area contributed by atoms with Crippen LogP contribution in [-0.4, -0.2) is 23.6 Å². The van der Waals surface area contributed by atoms with Gasteiger partial charge < -0.3 is 19.8 Å². The smallest absolute Gasteiger partial charge is 0.347 e. The third kappa shape index (κ3) is 3.55. The van der Waals surface area contributed by atoms with Gasteiger partial charge in [0.1, 0.15) is 17.1 Å². The number of carbonyl (C=O) groups is 2. The Hall–Kier alpha value is -3.25. The molecule has 1 aromatic heterocycles. The quantitative estimate of drug-likeness (QED) is 0.550. The van der Waals surface area contributed by atoms with Gasteiger partial charge in [-0.25, -0.2) is 4.79 Å². The second-order valence-electron chi connectivity index (χ2n) is 5.38. The molecule has 132 valence electrons. The van der Waals surface area contributed by atoms with Gasteiger partial charge in [-0.05, 0) is 36.4 Å². The lowest BCUT2D eigenvalue weighted by Gasteiger charge is -2.13. The van der Waals surface area contributed by atoms with Crippen molar-refractivity contribution in [3.05, 3.63) is 77.1 Å². The molecule has 0 bridgehead atoms. The first-order valence-electron chi connectivity index (χ1n) is 7.62. The molecule has 1 heterocycles. The average Bonchev–Trinajstić information content (AvgIpc) is 3.16. The molecule has 2 aromatic carbocycles. The first-order chi connectivity index (χ1) is 12.5. The number of hydrogen-bond donors (Lipinski definition) is 1. The number of primary amides is 1. The van der Waals surface area contributed by atoms with Crippen LogP contribution in [0.15, 0.2) is 60.9 Å². The number of nitrogens with two attached hydrogens (primary N) is 1. The van der Waals surface area contributed by atoms with E-state index in [0.29, 0.717) is 16.5 Å². The fraction of sp³-hybridized carbons (Fsp3) is 0.0526. The molecule has 0 radical (unpaired) electrons. The van der Waals surface area contributed by atoms with Gasteiger partial charge in [0.2, 0.25) is 5.91 Å². The van der Waals surface area contributed by atoms with Crippen molar-refractivity contribution in [3.63, 3.8) is 0 Å². The highest BCUT2D eigenvalue weighted by molar-refractivity contribution is 6.33. The van der Waals surface area contributed by atoms with E-state index in [9.17, 15) is 9.59 Å². The summed E-state index contributed by atoms with van der Waals surface area (Å²) >= 11 is 6.32. The number of methoxy groups -OCH3 is 1. The summed E-state index contributed by atoms with van der Waals surface area (Å²) in [6, 6.07) is 12.9. The number of amides is 1. The molecule has 0 saturated carbocycles. The van der Waals surface area contributed by atoms with Gasteiger partial charge in [0.05, 0.1) is 17.8 Å². The minimum Gasteiger partial charge on any atom is -0.496 e. The van der Waals surface area contributed by atoms with Crippen molar-refractivity contribution in [1.29, 1.82) is 0 Å². The zero-order chi connectivity index (χ0) is 18.7. The number of nitrogens with zero attached hydrogens (tertiary/aromatic N) is 1. The molecule has 7 heteroatoms. The molecule has 0 atom stereocenters. The number of benzene rings is 2. The lowest BCUT2D eigenvalue weighted by atomic mass is 10.1. The van der Waals surface area contributed by atoms with Gasteiger partial charge in [0.25, 0.3) is 0 Å². The van der Waals surface area contributed by atoms with E-state index in [1.807, 2.05) is 24.5 Å². The summed E-state index contributed by atoms with van der Waals surface area (Å²) < 4.78 is 12.4. The molecule has 0 aliphatic carbocycles. The lowest BCUT2D eigenvalue weighted by molar-refractivity contribution is 0.0730. The van der Waals surface area contributed by atoms with Crippen LogP contribution in [-0.2, 0) is 0 Å². The summed E-state index contributed by atoms with van der Waals surface area (Å²) in [5.74, 6) is -0.767. The molecular weight excluding hydrogens is 356 g/mol. The summed E-state index contributed by atoms with van der Waals surface area (Å²) in [6.07, 6.45) is 3.65. The molecule has 6 nitrogen and oxygen atoms in total.